The van der Waals surface area contributed by atoms with E-state index >= 15 is 0 Å². The van der Waals surface area contributed by atoms with E-state index in [4.69, 9.17) is 9.84 Å². The second kappa shape index (κ2) is 8.67. The maximum Gasteiger partial charge on any atom is 0.411 e. The maximum atomic E-state index is 12.0. The minimum Gasteiger partial charge on any atom is -0.481 e. The monoisotopic (exact) mass is 361 g/mol. The number of aliphatic carboxylic acids is 1. The van der Waals surface area contributed by atoms with Gasteiger partial charge >= 0.3 is 12.1 Å². The number of rotatable bonds is 6. The zero-order valence-electron chi connectivity index (χ0n) is 14.6. The number of anilines is 1. The lowest BCUT2D eigenvalue weighted by Crippen LogP contribution is -2.13. The van der Waals surface area contributed by atoms with Crippen LogP contribution in [0.4, 0.5) is 10.5 Å². The molecular weight excluding hydrogens is 342 g/mol. The van der Waals surface area contributed by atoms with Crippen LogP contribution < -0.4 is 5.32 Å². The summed E-state index contributed by atoms with van der Waals surface area (Å²) in [6, 6.07) is 24.1. The Morgan fingerprint density at radius 3 is 2.22 bits per heavy atom. The van der Waals surface area contributed by atoms with E-state index in [0.717, 1.165) is 22.3 Å². The van der Waals surface area contributed by atoms with Crippen molar-refractivity contribution in [1.82, 2.24) is 0 Å². The first-order valence-corrected chi connectivity index (χ1v) is 8.49. The van der Waals surface area contributed by atoms with Gasteiger partial charge in [0.05, 0.1) is 6.42 Å². The third-order valence-electron chi connectivity index (χ3n) is 3.94. The molecule has 5 nitrogen and oxygen atoms in total. The molecule has 2 N–H and O–H groups in total. The molecule has 5 heteroatoms. The topological polar surface area (TPSA) is 75.6 Å². The lowest BCUT2D eigenvalue weighted by atomic mass is 10.0. The molecule has 0 fully saturated rings. The lowest BCUT2D eigenvalue weighted by molar-refractivity contribution is -0.136. The van der Waals surface area contributed by atoms with Crippen molar-refractivity contribution in [3.8, 4) is 11.1 Å². The normalized spacial score (nSPS) is 10.2. The molecule has 3 aromatic rings. The summed E-state index contributed by atoms with van der Waals surface area (Å²) in [6.45, 7) is 0.198. The van der Waals surface area contributed by atoms with E-state index in [9.17, 15) is 9.59 Å². The summed E-state index contributed by atoms with van der Waals surface area (Å²) in [4.78, 5) is 22.9. The zero-order chi connectivity index (χ0) is 19.1. The van der Waals surface area contributed by atoms with Crippen molar-refractivity contribution < 1.29 is 19.4 Å². The third-order valence-corrected chi connectivity index (χ3v) is 3.94. The third kappa shape index (κ3) is 5.44. The molecule has 0 atom stereocenters. The molecule has 0 saturated carbocycles. The average molecular weight is 361 g/mol. The molecule has 0 aromatic heterocycles. The van der Waals surface area contributed by atoms with Gasteiger partial charge < -0.3 is 9.84 Å². The molecule has 0 unspecified atom stereocenters. The van der Waals surface area contributed by atoms with Gasteiger partial charge in [0, 0.05) is 5.69 Å². The van der Waals surface area contributed by atoms with Crippen LogP contribution in [0.25, 0.3) is 11.1 Å². The summed E-state index contributed by atoms with van der Waals surface area (Å²) in [7, 11) is 0. The number of carboxylic acid groups (broad SMARTS) is 1. The summed E-state index contributed by atoms with van der Waals surface area (Å²) in [6.07, 6.45) is -0.562. The van der Waals surface area contributed by atoms with Gasteiger partial charge in [0.1, 0.15) is 6.61 Å². The quantitative estimate of drug-likeness (QED) is 0.665. The van der Waals surface area contributed by atoms with Crippen LogP contribution in [0.1, 0.15) is 11.1 Å². The van der Waals surface area contributed by atoms with Crippen LogP contribution in [0.5, 0.6) is 0 Å². The van der Waals surface area contributed by atoms with Crippen LogP contribution in [-0.4, -0.2) is 17.2 Å². The van der Waals surface area contributed by atoms with Gasteiger partial charge in [0.15, 0.2) is 0 Å². The minimum absolute atomic E-state index is 0.0302. The van der Waals surface area contributed by atoms with Gasteiger partial charge in [-0.15, -0.1) is 0 Å². The highest BCUT2D eigenvalue weighted by molar-refractivity contribution is 5.86. The first-order valence-electron chi connectivity index (χ1n) is 8.49. The van der Waals surface area contributed by atoms with E-state index < -0.39 is 12.1 Å². The first-order chi connectivity index (χ1) is 13.1. The predicted octanol–water partition coefficient (Wildman–Crippen LogP) is 4.73. The molecule has 0 aliphatic rings. The fourth-order valence-electron chi connectivity index (χ4n) is 2.69. The van der Waals surface area contributed by atoms with E-state index in [1.807, 2.05) is 66.7 Å². The van der Waals surface area contributed by atoms with E-state index in [1.165, 1.54) is 0 Å². The number of carbonyl (C=O) groups excluding carboxylic acids is 1. The molecule has 0 saturated heterocycles. The maximum absolute atomic E-state index is 12.0. The number of carbonyl (C=O) groups is 2. The van der Waals surface area contributed by atoms with Crippen LogP contribution in [0, 0.1) is 0 Å². The summed E-state index contributed by atoms with van der Waals surface area (Å²) in [5.41, 5.74) is 4.00. The summed E-state index contributed by atoms with van der Waals surface area (Å²) >= 11 is 0. The molecule has 3 rings (SSSR count). The Bertz CT molecular complexity index is 938. The van der Waals surface area contributed by atoms with E-state index in [-0.39, 0.29) is 13.0 Å². The Balaban J connectivity index is 1.66. The molecule has 0 spiro atoms. The Morgan fingerprint density at radius 2 is 1.48 bits per heavy atom. The summed E-state index contributed by atoms with van der Waals surface area (Å²) in [5.74, 6) is -0.872. The lowest BCUT2D eigenvalue weighted by Gasteiger charge is -2.09. The second-order valence-electron chi connectivity index (χ2n) is 6.04. The van der Waals surface area contributed by atoms with Gasteiger partial charge in [-0.25, -0.2) is 4.79 Å². The Labute approximate surface area is 157 Å². The number of ether oxygens (including phenoxy) is 1. The van der Waals surface area contributed by atoms with Gasteiger partial charge in [0.25, 0.3) is 0 Å². The Kier molecular flexibility index (Phi) is 5.84. The number of nitrogens with one attached hydrogen (secondary N) is 1. The molecule has 3 aromatic carbocycles. The predicted molar refractivity (Wildman–Crippen MR) is 103 cm³/mol. The van der Waals surface area contributed by atoms with Gasteiger partial charge in [-0.3, -0.25) is 10.1 Å². The van der Waals surface area contributed by atoms with Crippen LogP contribution in [0.3, 0.4) is 0 Å². The van der Waals surface area contributed by atoms with Gasteiger partial charge in [-0.05, 0) is 34.4 Å². The van der Waals surface area contributed by atoms with Crippen LogP contribution in [0.15, 0.2) is 78.9 Å². The second-order valence-corrected chi connectivity index (χ2v) is 6.04. The molecular formula is C22H19NO4. The van der Waals surface area contributed by atoms with Crippen LogP contribution >= 0.6 is 0 Å². The first kappa shape index (κ1) is 18.2. The van der Waals surface area contributed by atoms with Crippen molar-refractivity contribution in [2.24, 2.45) is 0 Å². The number of benzene rings is 3. The summed E-state index contributed by atoms with van der Waals surface area (Å²) in [5, 5.41) is 11.7. The van der Waals surface area contributed by atoms with Gasteiger partial charge in [0.2, 0.25) is 0 Å². The molecule has 27 heavy (non-hydrogen) atoms. The number of hydrogen-bond acceptors (Lipinski definition) is 3. The molecule has 0 heterocycles. The fourth-order valence-corrected chi connectivity index (χ4v) is 2.69. The van der Waals surface area contributed by atoms with E-state index in [0.29, 0.717) is 5.69 Å². The molecule has 1 amide bonds. The number of carboxylic acids is 1. The zero-order valence-corrected chi connectivity index (χ0v) is 14.6. The molecule has 0 radical (unpaired) electrons. The Hall–Kier alpha value is -3.60. The van der Waals surface area contributed by atoms with Crippen molar-refractivity contribution in [3.63, 3.8) is 0 Å². The standard InChI is InChI=1S/C22H19NO4/c24-21(25)13-17-8-4-9-18(12-17)19-10-5-11-20(14-19)23-22(26)27-15-16-6-2-1-3-7-16/h1-12,14H,13,15H2,(H,23,26)(H,24,25). The molecule has 136 valence electrons. The molecule has 0 aliphatic heterocycles. The number of amides is 1. The van der Waals surface area contributed by atoms with Crippen LogP contribution in [-0.2, 0) is 22.6 Å². The highest BCUT2D eigenvalue weighted by Gasteiger charge is 2.07. The van der Waals surface area contributed by atoms with E-state index in [1.54, 1.807) is 12.1 Å². The smallest absolute Gasteiger partial charge is 0.411 e. The SMILES string of the molecule is O=C(O)Cc1cccc(-c2cccc(NC(=O)OCc3ccccc3)c2)c1. The van der Waals surface area contributed by atoms with Crippen LogP contribution in [0.2, 0.25) is 0 Å². The number of hydrogen-bond donors (Lipinski definition) is 2. The highest BCUT2D eigenvalue weighted by Crippen LogP contribution is 2.24. The molecule has 0 aliphatic carbocycles. The largest absolute Gasteiger partial charge is 0.481 e. The Morgan fingerprint density at radius 1 is 0.815 bits per heavy atom. The average Bonchev–Trinajstić information content (AvgIpc) is 2.67. The van der Waals surface area contributed by atoms with Crippen molar-refractivity contribution in [1.29, 1.82) is 0 Å². The minimum atomic E-state index is -0.872. The van der Waals surface area contributed by atoms with Gasteiger partial charge in [-0.2, -0.15) is 0 Å². The summed E-state index contributed by atoms with van der Waals surface area (Å²) < 4.78 is 5.23. The van der Waals surface area contributed by atoms with Gasteiger partial charge in [-0.1, -0.05) is 66.7 Å². The van der Waals surface area contributed by atoms with Crippen molar-refractivity contribution >= 4 is 17.7 Å². The van der Waals surface area contributed by atoms with Crippen molar-refractivity contribution in [2.75, 3.05) is 5.32 Å². The highest BCUT2D eigenvalue weighted by atomic mass is 16.5. The fraction of sp³-hybridized carbons (Fsp3) is 0.0909. The van der Waals surface area contributed by atoms with Crippen molar-refractivity contribution in [2.45, 2.75) is 13.0 Å². The van der Waals surface area contributed by atoms with Crippen molar-refractivity contribution in [3.05, 3.63) is 90.0 Å². The van der Waals surface area contributed by atoms with E-state index in [2.05, 4.69) is 5.32 Å². The molecule has 0 bridgehead atoms.